The number of aryl methyl sites for hydroxylation is 1. The highest BCUT2D eigenvalue weighted by Gasteiger charge is 2.23. The molecule has 0 bridgehead atoms. The van der Waals surface area contributed by atoms with E-state index in [1.165, 1.54) is 30.2 Å². The SMILES string of the molecule is Cc1ccc(-n2c(SCC(=O)N[C@@H](C)C(C)C)nnc2N2CCCC2)cc1. The molecular formula is C20H29N5OS. The minimum absolute atomic E-state index is 0.0300. The lowest BCUT2D eigenvalue weighted by Gasteiger charge is -2.19. The van der Waals surface area contributed by atoms with Crippen molar-refractivity contribution < 1.29 is 4.79 Å². The van der Waals surface area contributed by atoms with Crippen molar-refractivity contribution in [1.29, 1.82) is 0 Å². The minimum atomic E-state index is 0.0300. The molecule has 0 radical (unpaired) electrons. The van der Waals surface area contributed by atoms with E-state index in [-0.39, 0.29) is 11.9 Å². The molecule has 1 saturated heterocycles. The third-order valence-electron chi connectivity index (χ3n) is 5.02. The van der Waals surface area contributed by atoms with Crippen molar-refractivity contribution in [3.63, 3.8) is 0 Å². The fourth-order valence-corrected chi connectivity index (χ4v) is 3.75. The molecule has 1 aromatic heterocycles. The molecule has 1 amide bonds. The van der Waals surface area contributed by atoms with Crippen molar-refractivity contribution in [2.24, 2.45) is 5.92 Å². The quantitative estimate of drug-likeness (QED) is 0.738. The average Bonchev–Trinajstić information content (AvgIpc) is 3.30. The zero-order valence-electron chi connectivity index (χ0n) is 16.6. The molecule has 1 fully saturated rings. The summed E-state index contributed by atoms with van der Waals surface area (Å²) in [6.45, 7) is 10.3. The molecule has 0 aliphatic carbocycles. The second kappa shape index (κ2) is 8.78. The molecule has 1 atom stereocenters. The molecule has 1 aliphatic heterocycles. The number of carbonyl (C=O) groups is 1. The standard InChI is InChI=1S/C20H29N5OS/c1-14(2)16(4)21-18(26)13-27-20-23-22-19(24-11-5-6-12-24)25(20)17-9-7-15(3)8-10-17/h7-10,14,16H,5-6,11-13H2,1-4H3,(H,21,26)/t16-/m0/s1. The first-order valence-corrected chi connectivity index (χ1v) is 10.6. The molecule has 0 unspecified atom stereocenters. The molecule has 1 aliphatic rings. The van der Waals surface area contributed by atoms with E-state index in [4.69, 9.17) is 0 Å². The van der Waals surface area contributed by atoms with Crippen molar-refractivity contribution in [3.8, 4) is 5.69 Å². The van der Waals surface area contributed by atoms with Crippen LogP contribution in [0.25, 0.3) is 5.69 Å². The summed E-state index contributed by atoms with van der Waals surface area (Å²) in [5.74, 6) is 1.65. The van der Waals surface area contributed by atoms with Crippen molar-refractivity contribution >= 4 is 23.6 Å². The number of amides is 1. The number of thioether (sulfide) groups is 1. The van der Waals surface area contributed by atoms with Gasteiger partial charge < -0.3 is 10.2 Å². The molecule has 2 heterocycles. The molecule has 1 N–H and O–H groups in total. The van der Waals surface area contributed by atoms with E-state index < -0.39 is 0 Å². The van der Waals surface area contributed by atoms with Gasteiger partial charge >= 0.3 is 0 Å². The number of benzene rings is 1. The largest absolute Gasteiger partial charge is 0.353 e. The third-order valence-corrected chi connectivity index (χ3v) is 5.95. The Bertz CT molecular complexity index is 765. The number of anilines is 1. The van der Waals surface area contributed by atoms with Crippen LogP contribution in [-0.4, -0.2) is 45.6 Å². The van der Waals surface area contributed by atoms with Gasteiger partial charge in [0.2, 0.25) is 11.9 Å². The van der Waals surface area contributed by atoms with Crippen molar-refractivity contribution in [1.82, 2.24) is 20.1 Å². The smallest absolute Gasteiger partial charge is 0.232 e. The van der Waals surface area contributed by atoms with Crippen LogP contribution in [0.3, 0.4) is 0 Å². The van der Waals surface area contributed by atoms with Gasteiger partial charge in [-0.1, -0.05) is 43.3 Å². The molecule has 0 saturated carbocycles. The molecule has 7 heteroatoms. The molecule has 6 nitrogen and oxygen atoms in total. The van der Waals surface area contributed by atoms with Gasteiger partial charge in [0.25, 0.3) is 0 Å². The fourth-order valence-electron chi connectivity index (χ4n) is 2.99. The lowest BCUT2D eigenvalue weighted by molar-refractivity contribution is -0.119. The fraction of sp³-hybridized carbons (Fsp3) is 0.550. The molecule has 3 rings (SSSR count). The summed E-state index contributed by atoms with van der Waals surface area (Å²) < 4.78 is 2.08. The first-order valence-electron chi connectivity index (χ1n) is 9.65. The van der Waals surface area contributed by atoms with Gasteiger partial charge in [-0.25, -0.2) is 0 Å². The summed E-state index contributed by atoms with van der Waals surface area (Å²) >= 11 is 1.44. The van der Waals surface area contributed by atoms with Crippen LogP contribution in [0.15, 0.2) is 29.4 Å². The van der Waals surface area contributed by atoms with Crippen LogP contribution in [0.1, 0.15) is 39.2 Å². The number of rotatable bonds is 7. The van der Waals surface area contributed by atoms with Gasteiger partial charge in [-0.2, -0.15) is 0 Å². The summed E-state index contributed by atoms with van der Waals surface area (Å²) in [7, 11) is 0. The van der Waals surface area contributed by atoms with Gasteiger partial charge in [0.05, 0.1) is 11.4 Å². The van der Waals surface area contributed by atoms with E-state index in [0.29, 0.717) is 11.7 Å². The van der Waals surface area contributed by atoms with Crippen LogP contribution in [0.4, 0.5) is 5.95 Å². The Morgan fingerprint density at radius 2 is 1.81 bits per heavy atom. The molecule has 0 spiro atoms. The van der Waals surface area contributed by atoms with Gasteiger partial charge in [0.1, 0.15) is 0 Å². The lowest BCUT2D eigenvalue weighted by Crippen LogP contribution is -2.37. The van der Waals surface area contributed by atoms with E-state index >= 15 is 0 Å². The van der Waals surface area contributed by atoms with Gasteiger partial charge in [0, 0.05) is 19.1 Å². The van der Waals surface area contributed by atoms with Crippen LogP contribution in [-0.2, 0) is 4.79 Å². The first-order chi connectivity index (χ1) is 13.0. The zero-order valence-corrected chi connectivity index (χ0v) is 17.4. The van der Waals surface area contributed by atoms with E-state index in [2.05, 4.69) is 70.0 Å². The number of aromatic nitrogens is 3. The van der Waals surface area contributed by atoms with Gasteiger partial charge in [-0.05, 0) is 44.7 Å². The lowest BCUT2D eigenvalue weighted by atomic mass is 10.1. The van der Waals surface area contributed by atoms with Crippen molar-refractivity contribution in [3.05, 3.63) is 29.8 Å². The molecule has 27 heavy (non-hydrogen) atoms. The molecular weight excluding hydrogens is 358 g/mol. The Labute approximate surface area is 165 Å². The van der Waals surface area contributed by atoms with E-state index in [1.807, 2.05) is 6.92 Å². The summed E-state index contributed by atoms with van der Waals surface area (Å²) in [5.41, 5.74) is 2.25. The maximum Gasteiger partial charge on any atom is 0.232 e. The van der Waals surface area contributed by atoms with Crippen LogP contribution in [0.5, 0.6) is 0 Å². The molecule has 146 valence electrons. The molecule has 1 aromatic carbocycles. The van der Waals surface area contributed by atoms with Gasteiger partial charge in [-0.3, -0.25) is 9.36 Å². The Kier molecular flexibility index (Phi) is 6.42. The number of carbonyl (C=O) groups excluding carboxylic acids is 1. The maximum atomic E-state index is 12.3. The first kappa shape index (κ1) is 19.7. The second-order valence-corrected chi connectivity index (χ2v) is 8.48. The summed E-state index contributed by atoms with van der Waals surface area (Å²) in [6.07, 6.45) is 2.36. The van der Waals surface area contributed by atoms with E-state index in [9.17, 15) is 4.79 Å². The Balaban J connectivity index is 1.80. The van der Waals surface area contributed by atoms with Crippen LogP contribution in [0.2, 0.25) is 0 Å². The highest BCUT2D eigenvalue weighted by Crippen LogP contribution is 2.28. The predicted molar refractivity (Wildman–Crippen MR) is 111 cm³/mol. The van der Waals surface area contributed by atoms with Crippen LogP contribution in [0, 0.1) is 12.8 Å². The monoisotopic (exact) mass is 387 g/mol. The van der Waals surface area contributed by atoms with Crippen LogP contribution < -0.4 is 10.2 Å². The van der Waals surface area contributed by atoms with Crippen molar-refractivity contribution in [2.45, 2.75) is 51.7 Å². The number of nitrogens with zero attached hydrogens (tertiary/aromatic N) is 4. The number of hydrogen-bond acceptors (Lipinski definition) is 5. The normalized spacial score (nSPS) is 15.4. The summed E-state index contributed by atoms with van der Waals surface area (Å²) in [5, 5.41) is 12.7. The Morgan fingerprint density at radius 1 is 1.15 bits per heavy atom. The highest BCUT2D eigenvalue weighted by atomic mass is 32.2. The minimum Gasteiger partial charge on any atom is -0.353 e. The van der Waals surface area contributed by atoms with Crippen LogP contribution >= 0.6 is 11.8 Å². The van der Waals surface area contributed by atoms with Gasteiger partial charge in [0.15, 0.2) is 5.16 Å². The van der Waals surface area contributed by atoms with Crippen molar-refractivity contribution in [2.75, 3.05) is 23.7 Å². The molecule has 2 aromatic rings. The Morgan fingerprint density at radius 3 is 2.44 bits per heavy atom. The third kappa shape index (κ3) is 4.83. The predicted octanol–water partition coefficient (Wildman–Crippen LogP) is 3.43. The number of nitrogens with one attached hydrogen (secondary N) is 1. The average molecular weight is 388 g/mol. The summed E-state index contributed by atoms with van der Waals surface area (Å²) in [6, 6.07) is 8.52. The van der Waals surface area contributed by atoms with E-state index in [1.54, 1.807) is 0 Å². The van der Waals surface area contributed by atoms with Gasteiger partial charge in [-0.15, -0.1) is 10.2 Å². The number of hydrogen-bond donors (Lipinski definition) is 1. The topological polar surface area (TPSA) is 63.1 Å². The zero-order chi connectivity index (χ0) is 19.4. The highest BCUT2D eigenvalue weighted by molar-refractivity contribution is 7.99. The maximum absolute atomic E-state index is 12.3. The van der Waals surface area contributed by atoms with E-state index in [0.717, 1.165) is 29.9 Å². The summed E-state index contributed by atoms with van der Waals surface area (Å²) in [4.78, 5) is 14.6. The second-order valence-electron chi connectivity index (χ2n) is 7.54. The Hall–Kier alpha value is -2.02.